The van der Waals surface area contributed by atoms with Gasteiger partial charge in [0.2, 0.25) is 11.7 Å². The van der Waals surface area contributed by atoms with Crippen molar-refractivity contribution in [1.29, 1.82) is 0 Å². The second kappa shape index (κ2) is 6.35. The van der Waals surface area contributed by atoms with E-state index in [4.69, 9.17) is 0 Å². The third-order valence-electron chi connectivity index (χ3n) is 3.47. The van der Waals surface area contributed by atoms with Crippen LogP contribution >= 0.6 is 0 Å². The maximum atomic E-state index is 12.1. The van der Waals surface area contributed by atoms with Crippen LogP contribution in [0.3, 0.4) is 0 Å². The molecular formula is C16H16N6O. The lowest BCUT2D eigenvalue weighted by molar-refractivity contribution is -0.117. The zero-order valence-electron chi connectivity index (χ0n) is 12.9. The molecule has 1 amide bonds. The molecule has 2 aromatic heterocycles. The smallest absolute Gasteiger partial charge is 0.248 e. The van der Waals surface area contributed by atoms with Crippen LogP contribution in [0.4, 0.5) is 5.69 Å². The van der Waals surface area contributed by atoms with E-state index in [1.54, 1.807) is 24.5 Å². The number of amides is 1. The van der Waals surface area contributed by atoms with Gasteiger partial charge in [0.05, 0.1) is 0 Å². The summed E-state index contributed by atoms with van der Waals surface area (Å²) in [6.45, 7) is 4.04. The van der Waals surface area contributed by atoms with Crippen molar-refractivity contribution in [2.45, 2.75) is 20.4 Å². The normalized spacial score (nSPS) is 10.5. The first-order valence-corrected chi connectivity index (χ1v) is 7.17. The van der Waals surface area contributed by atoms with E-state index < -0.39 is 0 Å². The van der Waals surface area contributed by atoms with Gasteiger partial charge in [-0.25, -0.2) is 0 Å². The Morgan fingerprint density at radius 2 is 1.91 bits per heavy atom. The first kappa shape index (κ1) is 14.8. The summed E-state index contributed by atoms with van der Waals surface area (Å²) < 4.78 is 0. The van der Waals surface area contributed by atoms with Crippen molar-refractivity contribution >= 4 is 11.6 Å². The lowest BCUT2D eigenvalue weighted by Crippen LogP contribution is -2.20. The first-order chi connectivity index (χ1) is 11.1. The minimum atomic E-state index is -0.202. The molecule has 3 aromatic rings. The van der Waals surface area contributed by atoms with Crippen molar-refractivity contribution in [2.75, 3.05) is 5.32 Å². The van der Waals surface area contributed by atoms with E-state index >= 15 is 0 Å². The first-order valence-electron chi connectivity index (χ1n) is 7.17. The number of carbonyl (C=O) groups excluding carboxylic acids is 1. The van der Waals surface area contributed by atoms with Gasteiger partial charge >= 0.3 is 0 Å². The maximum absolute atomic E-state index is 12.1. The number of carbonyl (C=O) groups is 1. The Bertz CT molecular complexity index is 828. The molecule has 7 nitrogen and oxygen atoms in total. The number of nitrogens with zero attached hydrogens (tertiary/aromatic N) is 5. The molecular weight excluding hydrogens is 292 g/mol. The van der Waals surface area contributed by atoms with Gasteiger partial charge < -0.3 is 5.32 Å². The van der Waals surface area contributed by atoms with Crippen LogP contribution < -0.4 is 5.32 Å². The number of anilines is 1. The van der Waals surface area contributed by atoms with Gasteiger partial charge in [-0.3, -0.25) is 9.78 Å². The third kappa shape index (κ3) is 3.57. The maximum Gasteiger partial charge on any atom is 0.248 e. The van der Waals surface area contributed by atoms with Gasteiger partial charge in [0, 0.05) is 23.6 Å². The number of benzene rings is 1. The highest BCUT2D eigenvalue weighted by molar-refractivity contribution is 5.90. The van der Waals surface area contributed by atoms with E-state index in [9.17, 15) is 4.79 Å². The van der Waals surface area contributed by atoms with Crippen LogP contribution in [-0.4, -0.2) is 31.1 Å². The average Bonchev–Trinajstić information content (AvgIpc) is 3.00. The largest absolute Gasteiger partial charge is 0.324 e. The van der Waals surface area contributed by atoms with Crippen LogP contribution in [0, 0.1) is 13.8 Å². The van der Waals surface area contributed by atoms with Gasteiger partial charge in [0.15, 0.2) is 0 Å². The molecule has 0 atom stereocenters. The number of hydrogen-bond acceptors (Lipinski definition) is 5. The molecule has 1 N–H and O–H groups in total. The van der Waals surface area contributed by atoms with Crippen LogP contribution in [0.15, 0.2) is 42.7 Å². The lowest BCUT2D eigenvalue weighted by atomic mass is 10.1. The Morgan fingerprint density at radius 1 is 1.13 bits per heavy atom. The van der Waals surface area contributed by atoms with Gasteiger partial charge in [-0.15, -0.1) is 10.2 Å². The zero-order valence-corrected chi connectivity index (χ0v) is 12.9. The van der Waals surface area contributed by atoms with Gasteiger partial charge in [0.1, 0.15) is 6.54 Å². The predicted molar refractivity (Wildman–Crippen MR) is 85.6 cm³/mol. The summed E-state index contributed by atoms with van der Waals surface area (Å²) >= 11 is 0. The van der Waals surface area contributed by atoms with E-state index in [0.29, 0.717) is 5.82 Å². The van der Waals surface area contributed by atoms with Gasteiger partial charge in [-0.1, -0.05) is 6.07 Å². The molecule has 0 bridgehead atoms. The van der Waals surface area contributed by atoms with Gasteiger partial charge in [-0.05, 0) is 54.5 Å². The number of tetrazole rings is 1. The summed E-state index contributed by atoms with van der Waals surface area (Å²) in [5.41, 5.74) is 3.87. The van der Waals surface area contributed by atoms with E-state index in [-0.39, 0.29) is 12.5 Å². The number of aryl methyl sites for hydroxylation is 2. The molecule has 0 fully saturated rings. The highest BCUT2D eigenvalue weighted by Crippen LogP contribution is 2.14. The Kier molecular flexibility index (Phi) is 4.09. The number of pyridine rings is 1. The Balaban J connectivity index is 1.66. The van der Waals surface area contributed by atoms with Gasteiger partial charge in [0.25, 0.3) is 0 Å². The topological polar surface area (TPSA) is 85.6 Å². The molecule has 0 aliphatic heterocycles. The molecule has 0 spiro atoms. The van der Waals surface area contributed by atoms with E-state index in [1.165, 1.54) is 10.4 Å². The summed E-state index contributed by atoms with van der Waals surface area (Å²) in [5, 5.41) is 14.9. The molecule has 0 radical (unpaired) electrons. The zero-order chi connectivity index (χ0) is 16.2. The molecule has 0 unspecified atom stereocenters. The second-order valence-electron chi connectivity index (χ2n) is 5.23. The molecule has 7 heteroatoms. The summed E-state index contributed by atoms with van der Waals surface area (Å²) in [7, 11) is 0. The fourth-order valence-electron chi connectivity index (χ4n) is 2.07. The third-order valence-corrected chi connectivity index (χ3v) is 3.47. The Hall–Kier alpha value is -3.09. The van der Waals surface area contributed by atoms with E-state index in [0.717, 1.165) is 16.8 Å². The van der Waals surface area contributed by atoms with Crippen molar-refractivity contribution in [3.63, 3.8) is 0 Å². The number of rotatable bonds is 4. The van der Waals surface area contributed by atoms with Crippen molar-refractivity contribution < 1.29 is 4.79 Å². The molecule has 2 heterocycles. The van der Waals surface area contributed by atoms with E-state index in [2.05, 4.69) is 25.7 Å². The molecule has 0 aliphatic carbocycles. The van der Waals surface area contributed by atoms with Crippen molar-refractivity contribution in [3.05, 3.63) is 53.9 Å². The van der Waals surface area contributed by atoms with Crippen LogP contribution in [-0.2, 0) is 11.3 Å². The van der Waals surface area contributed by atoms with Gasteiger partial charge in [-0.2, -0.15) is 4.80 Å². The van der Waals surface area contributed by atoms with Crippen LogP contribution in [0.1, 0.15) is 11.1 Å². The van der Waals surface area contributed by atoms with Crippen molar-refractivity contribution in [2.24, 2.45) is 0 Å². The monoisotopic (exact) mass is 308 g/mol. The molecule has 3 rings (SSSR count). The van der Waals surface area contributed by atoms with Crippen molar-refractivity contribution in [1.82, 2.24) is 25.2 Å². The Morgan fingerprint density at radius 3 is 2.65 bits per heavy atom. The summed E-state index contributed by atoms with van der Waals surface area (Å²) in [4.78, 5) is 17.3. The number of nitrogens with one attached hydrogen (secondary N) is 1. The van der Waals surface area contributed by atoms with Crippen LogP contribution in [0.25, 0.3) is 11.4 Å². The molecule has 0 saturated carbocycles. The number of hydrogen-bond donors (Lipinski definition) is 1. The molecule has 23 heavy (non-hydrogen) atoms. The number of aromatic nitrogens is 5. The molecule has 116 valence electrons. The SMILES string of the molecule is Cc1ccc(NC(=O)Cn2nnc(-c3ccncc3)n2)cc1C. The fraction of sp³-hybridized carbons (Fsp3) is 0.188. The standard InChI is InChI=1S/C16H16N6O/c1-11-3-4-14(9-12(11)2)18-15(23)10-22-20-16(19-21-22)13-5-7-17-8-6-13/h3-9H,10H2,1-2H3,(H,18,23). The average molecular weight is 308 g/mol. The Labute approximate surface area is 133 Å². The lowest BCUT2D eigenvalue weighted by Gasteiger charge is -2.07. The van der Waals surface area contributed by atoms with Crippen LogP contribution in [0.2, 0.25) is 0 Å². The quantitative estimate of drug-likeness (QED) is 0.796. The van der Waals surface area contributed by atoms with Crippen LogP contribution in [0.5, 0.6) is 0 Å². The molecule has 0 aliphatic rings. The molecule has 1 aromatic carbocycles. The highest BCUT2D eigenvalue weighted by atomic mass is 16.2. The fourth-order valence-corrected chi connectivity index (χ4v) is 2.07. The predicted octanol–water partition coefficient (Wildman–Crippen LogP) is 1.99. The molecule has 0 saturated heterocycles. The summed E-state index contributed by atoms with van der Waals surface area (Å²) in [6.07, 6.45) is 3.31. The van der Waals surface area contributed by atoms with E-state index in [1.807, 2.05) is 32.0 Å². The minimum absolute atomic E-state index is 0.00497. The summed E-state index contributed by atoms with van der Waals surface area (Å²) in [6, 6.07) is 9.36. The second-order valence-corrected chi connectivity index (χ2v) is 5.23. The minimum Gasteiger partial charge on any atom is -0.324 e. The summed E-state index contributed by atoms with van der Waals surface area (Å²) in [5.74, 6) is 0.262. The van der Waals surface area contributed by atoms with Crippen molar-refractivity contribution in [3.8, 4) is 11.4 Å². The highest BCUT2D eigenvalue weighted by Gasteiger charge is 2.09.